The Balaban J connectivity index is 2.28. The monoisotopic (exact) mass is 377 g/mol. The standard InChI is InChI=1S/C22H23N3O3/c1-13(2)18-19(20(26)17-10-14(3)9-15(4)11-17)25(22(28)24-21(18)27)12-16-5-7-23-8-6-16/h5-11,13H,12H2,1-4H3,(H,24,27,28). The molecule has 0 atom stereocenters. The van der Waals surface area contributed by atoms with Gasteiger partial charge >= 0.3 is 5.69 Å². The van der Waals surface area contributed by atoms with Crippen molar-refractivity contribution in [3.05, 3.63) is 97.1 Å². The lowest BCUT2D eigenvalue weighted by molar-refractivity contribution is 0.102. The Labute approximate surface area is 162 Å². The Bertz CT molecular complexity index is 1120. The molecule has 2 heterocycles. The summed E-state index contributed by atoms with van der Waals surface area (Å²) in [6.07, 6.45) is 3.25. The molecule has 3 aromatic rings. The fourth-order valence-electron chi connectivity index (χ4n) is 3.43. The van der Waals surface area contributed by atoms with Gasteiger partial charge in [-0.25, -0.2) is 4.79 Å². The molecule has 0 saturated carbocycles. The van der Waals surface area contributed by atoms with E-state index in [0.717, 1.165) is 16.7 Å². The minimum Gasteiger partial charge on any atom is -0.287 e. The van der Waals surface area contributed by atoms with Crippen molar-refractivity contribution in [2.45, 2.75) is 40.2 Å². The predicted molar refractivity (Wildman–Crippen MR) is 108 cm³/mol. The van der Waals surface area contributed by atoms with Crippen molar-refractivity contribution in [3.63, 3.8) is 0 Å². The van der Waals surface area contributed by atoms with Gasteiger partial charge in [-0.1, -0.05) is 31.0 Å². The molecule has 0 spiro atoms. The summed E-state index contributed by atoms with van der Waals surface area (Å²) in [6.45, 7) is 7.67. The van der Waals surface area contributed by atoms with Gasteiger partial charge in [0.05, 0.1) is 6.54 Å². The van der Waals surface area contributed by atoms with Gasteiger partial charge in [-0.3, -0.25) is 24.1 Å². The first-order valence-corrected chi connectivity index (χ1v) is 9.17. The van der Waals surface area contributed by atoms with E-state index in [4.69, 9.17) is 0 Å². The molecule has 0 unspecified atom stereocenters. The maximum absolute atomic E-state index is 13.5. The summed E-state index contributed by atoms with van der Waals surface area (Å²) in [5.74, 6) is -0.550. The number of rotatable bonds is 5. The highest BCUT2D eigenvalue weighted by Gasteiger charge is 2.24. The van der Waals surface area contributed by atoms with E-state index in [2.05, 4.69) is 9.97 Å². The van der Waals surface area contributed by atoms with Gasteiger partial charge in [-0.15, -0.1) is 0 Å². The summed E-state index contributed by atoms with van der Waals surface area (Å²) in [7, 11) is 0. The van der Waals surface area contributed by atoms with Crippen LogP contribution in [0.3, 0.4) is 0 Å². The van der Waals surface area contributed by atoms with Crippen LogP contribution in [0, 0.1) is 13.8 Å². The van der Waals surface area contributed by atoms with E-state index in [0.29, 0.717) is 11.1 Å². The predicted octanol–water partition coefficient (Wildman–Crippen LogP) is 2.95. The van der Waals surface area contributed by atoms with Crippen molar-refractivity contribution < 1.29 is 4.79 Å². The van der Waals surface area contributed by atoms with Crippen LogP contribution in [0.5, 0.6) is 0 Å². The number of ketones is 1. The zero-order valence-corrected chi connectivity index (χ0v) is 16.4. The summed E-state index contributed by atoms with van der Waals surface area (Å²) in [5, 5.41) is 0. The van der Waals surface area contributed by atoms with Gasteiger partial charge in [0.2, 0.25) is 5.78 Å². The van der Waals surface area contributed by atoms with Crippen molar-refractivity contribution >= 4 is 5.78 Å². The molecule has 144 valence electrons. The molecule has 0 saturated heterocycles. The summed E-state index contributed by atoms with van der Waals surface area (Å²) >= 11 is 0. The van der Waals surface area contributed by atoms with Gasteiger partial charge in [0, 0.05) is 23.5 Å². The lowest BCUT2D eigenvalue weighted by Gasteiger charge is -2.18. The number of carbonyl (C=O) groups is 1. The fourth-order valence-corrected chi connectivity index (χ4v) is 3.43. The Morgan fingerprint density at radius 2 is 1.68 bits per heavy atom. The summed E-state index contributed by atoms with van der Waals surface area (Å²) < 4.78 is 1.35. The minimum atomic E-state index is -0.598. The van der Waals surface area contributed by atoms with Crippen molar-refractivity contribution in [2.75, 3.05) is 0 Å². The average molecular weight is 377 g/mol. The first kappa shape index (κ1) is 19.5. The molecule has 0 fully saturated rings. The van der Waals surface area contributed by atoms with E-state index >= 15 is 0 Å². The molecule has 6 nitrogen and oxygen atoms in total. The quantitative estimate of drug-likeness (QED) is 0.693. The van der Waals surface area contributed by atoms with Crippen LogP contribution in [0.25, 0.3) is 0 Å². The normalized spacial score (nSPS) is 11.0. The second kappa shape index (κ2) is 7.76. The largest absolute Gasteiger partial charge is 0.329 e. The molecular weight excluding hydrogens is 354 g/mol. The zero-order chi connectivity index (χ0) is 20.4. The van der Waals surface area contributed by atoms with Crippen LogP contribution in [-0.2, 0) is 6.54 Å². The number of H-pyrrole nitrogens is 1. The van der Waals surface area contributed by atoms with Crippen molar-refractivity contribution in [1.82, 2.24) is 14.5 Å². The Morgan fingerprint density at radius 3 is 2.25 bits per heavy atom. The van der Waals surface area contributed by atoms with E-state index in [1.54, 1.807) is 36.7 Å². The Kier molecular flexibility index (Phi) is 5.40. The number of aromatic amines is 1. The van der Waals surface area contributed by atoms with Crippen molar-refractivity contribution in [3.8, 4) is 0 Å². The zero-order valence-electron chi connectivity index (χ0n) is 16.4. The number of hydrogen-bond donors (Lipinski definition) is 1. The Hall–Kier alpha value is -3.28. The molecule has 3 rings (SSSR count). The van der Waals surface area contributed by atoms with E-state index < -0.39 is 11.2 Å². The molecule has 2 aromatic heterocycles. The van der Waals surface area contributed by atoms with Gasteiger partial charge in [0.15, 0.2) is 0 Å². The maximum Gasteiger partial charge on any atom is 0.329 e. The van der Waals surface area contributed by atoms with Gasteiger partial charge in [-0.2, -0.15) is 0 Å². The van der Waals surface area contributed by atoms with Crippen LogP contribution in [-0.4, -0.2) is 20.3 Å². The van der Waals surface area contributed by atoms with Gasteiger partial charge in [0.25, 0.3) is 5.56 Å². The molecule has 0 aliphatic heterocycles. The van der Waals surface area contributed by atoms with Crippen LogP contribution in [0.15, 0.2) is 52.3 Å². The summed E-state index contributed by atoms with van der Waals surface area (Å²) in [4.78, 5) is 45.0. The molecule has 0 aliphatic rings. The first-order valence-electron chi connectivity index (χ1n) is 9.17. The highest BCUT2D eigenvalue weighted by molar-refractivity contribution is 6.09. The maximum atomic E-state index is 13.5. The van der Waals surface area contributed by atoms with Gasteiger partial charge in [0.1, 0.15) is 5.69 Å². The van der Waals surface area contributed by atoms with Gasteiger partial charge < -0.3 is 0 Å². The van der Waals surface area contributed by atoms with E-state index in [9.17, 15) is 14.4 Å². The molecule has 28 heavy (non-hydrogen) atoms. The van der Waals surface area contributed by atoms with Crippen molar-refractivity contribution in [2.24, 2.45) is 0 Å². The Morgan fingerprint density at radius 1 is 1.07 bits per heavy atom. The van der Waals surface area contributed by atoms with Crippen LogP contribution >= 0.6 is 0 Å². The number of aromatic nitrogens is 3. The average Bonchev–Trinajstić information content (AvgIpc) is 2.62. The summed E-state index contributed by atoms with van der Waals surface area (Å²) in [6, 6.07) is 9.08. The lowest BCUT2D eigenvalue weighted by atomic mass is 9.95. The first-order chi connectivity index (χ1) is 13.3. The smallest absolute Gasteiger partial charge is 0.287 e. The molecule has 0 bridgehead atoms. The second-order valence-corrected chi connectivity index (χ2v) is 7.32. The van der Waals surface area contributed by atoms with E-state index in [1.807, 2.05) is 33.8 Å². The number of benzene rings is 1. The van der Waals surface area contributed by atoms with Crippen LogP contribution in [0.1, 0.15) is 58.1 Å². The van der Waals surface area contributed by atoms with Crippen LogP contribution < -0.4 is 11.2 Å². The third-order valence-electron chi connectivity index (χ3n) is 4.60. The fraction of sp³-hybridized carbons (Fsp3) is 0.273. The minimum absolute atomic E-state index is 0.144. The molecule has 0 radical (unpaired) electrons. The van der Waals surface area contributed by atoms with Gasteiger partial charge in [-0.05, 0) is 49.6 Å². The third kappa shape index (κ3) is 3.86. The molecule has 0 amide bonds. The highest BCUT2D eigenvalue weighted by Crippen LogP contribution is 2.20. The number of aryl methyl sites for hydroxylation is 2. The topological polar surface area (TPSA) is 84.8 Å². The third-order valence-corrected chi connectivity index (χ3v) is 4.60. The second-order valence-electron chi connectivity index (χ2n) is 7.32. The SMILES string of the molecule is Cc1cc(C)cc(C(=O)c2c(C(C)C)c(=O)[nH]c(=O)n2Cc2ccncc2)c1. The van der Waals surface area contributed by atoms with Crippen LogP contribution in [0.2, 0.25) is 0 Å². The molecular formula is C22H23N3O3. The number of nitrogens with one attached hydrogen (secondary N) is 1. The summed E-state index contributed by atoms with van der Waals surface area (Å²) in [5.41, 5.74) is 2.52. The number of pyridine rings is 1. The molecule has 1 N–H and O–H groups in total. The lowest BCUT2D eigenvalue weighted by Crippen LogP contribution is -2.38. The van der Waals surface area contributed by atoms with Crippen molar-refractivity contribution in [1.29, 1.82) is 0 Å². The van der Waals surface area contributed by atoms with E-state index in [1.165, 1.54) is 4.57 Å². The number of hydrogen-bond acceptors (Lipinski definition) is 4. The molecule has 1 aromatic carbocycles. The number of nitrogens with zero attached hydrogens (tertiary/aromatic N) is 2. The molecule has 0 aliphatic carbocycles. The van der Waals surface area contributed by atoms with E-state index in [-0.39, 0.29) is 23.9 Å². The number of carbonyl (C=O) groups excluding carboxylic acids is 1. The highest BCUT2D eigenvalue weighted by atomic mass is 16.2. The molecule has 6 heteroatoms. The van der Waals surface area contributed by atoms with Crippen LogP contribution in [0.4, 0.5) is 0 Å².